The zero-order chi connectivity index (χ0) is 25.8. The fraction of sp³-hybridized carbons (Fsp3) is 0.125. The Morgan fingerprint density at radius 3 is 2.58 bits per heavy atom. The molecule has 2 aromatic carbocycles. The average molecular weight is 541 g/mol. The Balaban J connectivity index is 1.71. The first-order chi connectivity index (χ1) is 17.1. The minimum absolute atomic E-state index is 0.176. The van der Waals surface area contributed by atoms with Crippen LogP contribution in [0, 0.1) is 0 Å². The lowest BCUT2D eigenvalue weighted by Gasteiger charge is -2.12. The van der Waals surface area contributed by atoms with E-state index in [0.717, 1.165) is 20.6 Å². The van der Waals surface area contributed by atoms with E-state index in [2.05, 4.69) is 11.7 Å². The van der Waals surface area contributed by atoms with Gasteiger partial charge in [0.05, 0.1) is 27.6 Å². The zero-order valence-electron chi connectivity index (χ0n) is 19.2. The Bertz CT molecular complexity index is 1770. The number of benzene rings is 2. The van der Waals surface area contributed by atoms with Crippen molar-refractivity contribution in [3.05, 3.63) is 80.7 Å². The molecule has 2 aliphatic rings. The van der Waals surface area contributed by atoms with E-state index >= 15 is 0 Å². The number of aromatic nitrogens is 1. The molecule has 5 rings (SSSR count). The van der Waals surface area contributed by atoms with Gasteiger partial charge in [0, 0.05) is 18.5 Å². The summed E-state index contributed by atoms with van der Waals surface area (Å²) in [4.78, 5) is 29.7. The molecule has 0 saturated heterocycles. The number of allylic oxidation sites excluding steroid dienone is 1. The van der Waals surface area contributed by atoms with Crippen LogP contribution in [0.4, 0.5) is 11.4 Å². The molecule has 3 heterocycles. The molecule has 2 aliphatic heterocycles. The van der Waals surface area contributed by atoms with Gasteiger partial charge in [0.25, 0.3) is 21.6 Å². The van der Waals surface area contributed by atoms with Crippen molar-refractivity contribution in [1.82, 2.24) is 4.57 Å². The van der Waals surface area contributed by atoms with E-state index in [1.165, 1.54) is 51.9 Å². The molecule has 9 nitrogen and oxygen atoms in total. The van der Waals surface area contributed by atoms with Crippen LogP contribution >= 0.6 is 23.1 Å². The highest BCUT2D eigenvalue weighted by molar-refractivity contribution is 8.08. The normalized spacial score (nSPS) is 18.5. The van der Waals surface area contributed by atoms with Crippen molar-refractivity contribution >= 4 is 66.8 Å². The number of thioether (sulfide) groups is 1. The van der Waals surface area contributed by atoms with Gasteiger partial charge in [-0.3, -0.25) is 18.7 Å². The fourth-order valence-corrected chi connectivity index (χ4v) is 7.10. The largest absolute Gasteiger partial charge is 0.337 e. The number of fused-ring (bicyclic) bond motifs is 1. The minimum atomic E-state index is -4.46. The van der Waals surface area contributed by atoms with Gasteiger partial charge in [-0.05, 0) is 37.3 Å². The van der Waals surface area contributed by atoms with Gasteiger partial charge in [-0.15, -0.1) is 17.9 Å². The molecule has 0 fully saturated rings. The number of rotatable bonds is 4. The third-order valence-electron chi connectivity index (χ3n) is 5.72. The van der Waals surface area contributed by atoms with Gasteiger partial charge in [-0.2, -0.15) is 18.5 Å². The number of nitrogens with zero attached hydrogens (tertiary/aromatic N) is 4. The third-order valence-corrected chi connectivity index (χ3v) is 9.12. The molecule has 1 N–H and O–H groups in total. The van der Waals surface area contributed by atoms with E-state index in [0.29, 0.717) is 14.9 Å². The Morgan fingerprint density at radius 1 is 1.14 bits per heavy atom. The predicted octanol–water partition coefficient (Wildman–Crippen LogP) is 2.22. The summed E-state index contributed by atoms with van der Waals surface area (Å²) >= 11 is 2.70. The third kappa shape index (κ3) is 3.91. The van der Waals surface area contributed by atoms with Crippen molar-refractivity contribution in [2.75, 3.05) is 17.0 Å². The van der Waals surface area contributed by atoms with Crippen LogP contribution in [-0.2, 0) is 21.5 Å². The van der Waals surface area contributed by atoms with E-state index in [1.807, 2.05) is 36.2 Å². The standard InChI is InChI=1S/C24H20N4O5S3/c1-4-12-27-22(30)20(24-26(3)17-10-5-6-11-18(17)34-24)35-23(27)19-14(2)25-28(21(19)29)15-8-7-9-16(13-15)36(31,32)33/h4-11,13H,1,12H2,2-3H3,(H,31,32,33)/b23-19?,24-20-. The maximum atomic E-state index is 13.5. The molecule has 0 atom stereocenters. The van der Waals surface area contributed by atoms with E-state index in [4.69, 9.17) is 0 Å². The molecule has 3 aromatic rings. The minimum Gasteiger partial charge on any atom is -0.337 e. The summed E-state index contributed by atoms with van der Waals surface area (Å²) in [6, 6.07) is 13.2. The van der Waals surface area contributed by atoms with Gasteiger partial charge in [-0.1, -0.05) is 36.0 Å². The first kappa shape index (κ1) is 24.3. The van der Waals surface area contributed by atoms with E-state index in [1.54, 1.807) is 13.0 Å². The molecule has 1 amide bonds. The van der Waals surface area contributed by atoms with Crippen LogP contribution in [0.1, 0.15) is 6.92 Å². The van der Waals surface area contributed by atoms with Gasteiger partial charge < -0.3 is 4.90 Å². The summed E-state index contributed by atoms with van der Waals surface area (Å²) in [6.45, 7) is 5.61. The van der Waals surface area contributed by atoms with Crippen LogP contribution in [0.2, 0.25) is 0 Å². The lowest BCUT2D eigenvalue weighted by molar-refractivity contribution is -0.112. The molecule has 0 aliphatic carbocycles. The highest BCUT2D eigenvalue weighted by Crippen LogP contribution is 2.44. The fourth-order valence-electron chi connectivity index (χ4n) is 4.03. The number of para-hydroxylation sites is 1. The first-order valence-electron chi connectivity index (χ1n) is 10.7. The highest BCUT2D eigenvalue weighted by atomic mass is 32.2. The number of carbonyl (C=O) groups excluding carboxylic acids is 1. The SMILES string of the molecule is C=CCn1c(=C2C(=O)N(c3cccc(S(=O)(=O)O)c3)N=C2C)s/c(=C2\Sc3ccccc3N2C)c1=O. The molecular weight excluding hydrogens is 520 g/mol. The molecule has 0 bridgehead atoms. The Labute approximate surface area is 214 Å². The molecule has 12 heteroatoms. The van der Waals surface area contributed by atoms with E-state index in [-0.39, 0.29) is 28.3 Å². The molecule has 0 spiro atoms. The molecule has 36 heavy (non-hydrogen) atoms. The molecular formula is C24H20N4O5S3. The average Bonchev–Trinajstić information content (AvgIpc) is 3.45. The second-order valence-electron chi connectivity index (χ2n) is 8.02. The van der Waals surface area contributed by atoms with Gasteiger partial charge in [0.15, 0.2) is 0 Å². The van der Waals surface area contributed by atoms with Gasteiger partial charge in [-0.25, -0.2) is 0 Å². The maximum absolute atomic E-state index is 13.5. The lowest BCUT2D eigenvalue weighted by atomic mass is 10.2. The van der Waals surface area contributed by atoms with Gasteiger partial charge in [0.1, 0.15) is 14.2 Å². The van der Waals surface area contributed by atoms with Gasteiger partial charge >= 0.3 is 0 Å². The van der Waals surface area contributed by atoms with Gasteiger partial charge in [0.2, 0.25) is 0 Å². The van der Waals surface area contributed by atoms with Crippen molar-refractivity contribution in [2.45, 2.75) is 23.3 Å². The maximum Gasteiger partial charge on any atom is 0.294 e. The van der Waals surface area contributed by atoms with Crippen LogP contribution in [0.25, 0.3) is 10.6 Å². The number of thiazole rings is 1. The Morgan fingerprint density at radius 2 is 1.89 bits per heavy atom. The lowest BCUT2D eigenvalue weighted by Crippen LogP contribution is -2.35. The van der Waals surface area contributed by atoms with Crippen molar-refractivity contribution in [1.29, 1.82) is 0 Å². The number of amides is 1. The summed E-state index contributed by atoms with van der Waals surface area (Å²) in [6.07, 6.45) is 1.59. The van der Waals surface area contributed by atoms with Crippen LogP contribution < -0.4 is 24.7 Å². The topological polar surface area (TPSA) is 112 Å². The van der Waals surface area contributed by atoms with Crippen molar-refractivity contribution < 1.29 is 17.8 Å². The summed E-state index contributed by atoms with van der Waals surface area (Å²) < 4.78 is 35.0. The second-order valence-corrected chi connectivity index (χ2v) is 11.5. The Hall–Kier alpha value is -3.45. The van der Waals surface area contributed by atoms with Crippen LogP contribution in [0.5, 0.6) is 0 Å². The summed E-state index contributed by atoms with van der Waals surface area (Å²) in [7, 11) is -2.56. The zero-order valence-corrected chi connectivity index (χ0v) is 21.7. The van der Waals surface area contributed by atoms with Crippen LogP contribution in [0.3, 0.4) is 0 Å². The summed E-state index contributed by atoms with van der Waals surface area (Å²) in [5, 5.41) is 6.18. The Kier molecular flexibility index (Phi) is 5.99. The molecule has 0 radical (unpaired) electrons. The van der Waals surface area contributed by atoms with Crippen molar-refractivity contribution in [3.63, 3.8) is 0 Å². The number of hydrogen-bond donors (Lipinski definition) is 1. The monoisotopic (exact) mass is 540 g/mol. The van der Waals surface area contributed by atoms with Crippen molar-refractivity contribution in [3.8, 4) is 0 Å². The molecule has 0 unspecified atom stereocenters. The van der Waals surface area contributed by atoms with Crippen LogP contribution in [0.15, 0.2) is 80.9 Å². The molecule has 184 valence electrons. The smallest absolute Gasteiger partial charge is 0.294 e. The molecule has 1 aromatic heterocycles. The number of carbonyl (C=O) groups is 1. The van der Waals surface area contributed by atoms with E-state index in [9.17, 15) is 22.6 Å². The van der Waals surface area contributed by atoms with Crippen molar-refractivity contribution in [2.24, 2.45) is 5.10 Å². The highest BCUT2D eigenvalue weighted by Gasteiger charge is 2.32. The van der Waals surface area contributed by atoms with E-state index < -0.39 is 16.0 Å². The van der Waals surface area contributed by atoms with Crippen LogP contribution in [-0.4, -0.2) is 36.2 Å². The summed E-state index contributed by atoms with van der Waals surface area (Å²) in [5.74, 6) is -0.508. The summed E-state index contributed by atoms with van der Waals surface area (Å²) in [5.41, 5.74) is 1.55. The predicted molar refractivity (Wildman–Crippen MR) is 142 cm³/mol. The number of anilines is 2. The number of hydrogen-bond acceptors (Lipinski definition) is 8. The quantitative estimate of drug-likeness (QED) is 0.399. The first-order valence-corrected chi connectivity index (χ1v) is 13.8. The molecule has 0 saturated carbocycles. The number of hydrazone groups is 1. The second kappa shape index (κ2) is 8.89.